The summed E-state index contributed by atoms with van der Waals surface area (Å²) in [6.45, 7) is 11.3. The van der Waals surface area contributed by atoms with Crippen molar-refractivity contribution >= 4 is 89.7 Å². The summed E-state index contributed by atoms with van der Waals surface area (Å²) >= 11 is 4.88. The third kappa shape index (κ3) is 22.6. The van der Waals surface area contributed by atoms with Gasteiger partial charge in [0.1, 0.15) is 6.42 Å². The van der Waals surface area contributed by atoms with Gasteiger partial charge in [0.25, 0.3) is 0 Å². The van der Waals surface area contributed by atoms with Crippen molar-refractivity contribution in [1.29, 1.82) is 0 Å². The maximum absolute atomic E-state index is 11.8. The maximum Gasteiger partial charge on any atom is 0.344 e. The number of aromatic amines is 1. The Morgan fingerprint density at radius 1 is 0.707 bits per heavy atom. The lowest BCUT2D eigenvalue weighted by Gasteiger charge is -2.08. The number of H-pyrrole nitrogens is 1. The predicted molar refractivity (Wildman–Crippen MR) is 241 cm³/mol. The summed E-state index contributed by atoms with van der Waals surface area (Å²) in [6, 6.07) is 22.8. The van der Waals surface area contributed by atoms with Crippen LogP contribution in [-0.4, -0.2) is 88.9 Å². The van der Waals surface area contributed by atoms with Crippen LogP contribution in [-0.2, 0) is 28.5 Å². The van der Waals surface area contributed by atoms with E-state index in [1.165, 1.54) is 6.07 Å². The predicted octanol–water partition coefficient (Wildman–Crippen LogP) is 4.46. The van der Waals surface area contributed by atoms with Crippen LogP contribution >= 0.6 is 35.3 Å². The topological polar surface area (TPSA) is 177 Å². The highest BCUT2D eigenvalue weighted by Crippen LogP contribution is 2.28. The van der Waals surface area contributed by atoms with Crippen molar-refractivity contribution in [3.8, 4) is 5.88 Å². The average molecular weight is 878 g/mol. The van der Waals surface area contributed by atoms with E-state index in [4.69, 9.17) is 30.1 Å². The Morgan fingerprint density at radius 3 is 1.74 bits per heavy atom. The van der Waals surface area contributed by atoms with E-state index in [0.29, 0.717) is 50.2 Å². The number of hydrogen-bond acceptors (Lipinski definition) is 13. The Morgan fingerprint density at radius 2 is 1.22 bits per heavy atom. The summed E-state index contributed by atoms with van der Waals surface area (Å²) in [5, 5.41) is 6.01. The molecule has 12 nitrogen and oxygen atoms in total. The number of anilines is 1. The third-order valence-electron chi connectivity index (χ3n) is 6.66. The molecule has 1 heterocycles. The number of aliphatic imine (C=N–C) groups is 1. The molecule has 3 aromatic carbocycles. The first-order valence-electron chi connectivity index (χ1n) is 17.6. The Balaban J connectivity index is -0.000000709. The number of para-hydroxylation sites is 3. The number of benzene rings is 3. The van der Waals surface area contributed by atoms with Crippen molar-refractivity contribution in [2.45, 2.75) is 69.6 Å². The van der Waals surface area contributed by atoms with Crippen LogP contribution < -0.4 is 33.7 Å². The van der Waals surface area contributed by atoms with Crippen LogP contribution in [0.4, 0.5) is 11.4 Å². The summed E-state index contributed by atoms with van der Waals surface area (Å²) in [6.07, 6.45) is 6.10. The van der Waals surface area contributed by atoms with Crippen LogP contribution in [0.25, 0.3) is 10.9 Å². The standard InChI is InChI=1S/C14H19NO3S.C12H13NO2S.C7H13NO3.C7H9NS.CH4.B.ClH/c1-4-17-13(10-14(16)18-5-2)15-11-8-6-7-9-12(11)19-3;1-3-15-11-7-9(14)8-5-4-6-10(16-2)12(8)13-11;1-3-10-6(8)5-7(9)11-4-2;1-9-7-5-3-2-4-6(7)8;;;/h6-9H,4-5,10H2,1-3H3;4-7H,3H2,1-2H3,(H,13,14);8H,3-5H2,1-2H3;2-5H,8H2,1H3;1H4;;1H. The molecule has 0 aliphatic carbocycles. The molecule has 0 saturated carbocycles. The van der Waals surface area contributed by atoms with Gasteiger partial charge < -0.3 is 46.8 Å². The number of rotatable bonds is 14. The van der Waals surface area contributed by atoms with E-state index in [9.17, 15) is 14.4 Å². The largest absolute Gasteiger partial charge is 1.00 e. The summed E-state index contributed by atoms with van der Waals surface area (Å²) in [4.78, 5) is 44.8. The van der Waals surface area contributed by atoms with Crippen molar-refractivity contribution in [2.75, 3.05) is 57.5 Å². The molecule has 4 rings (SSSR count). The number of aromatic nitrogens is 1. The first-order chi connectivity index (χ1) is 26.5. The normalized spacial score (nSPS) is 9.76. The van der Waals surface area contributed by atoms with Gasteiger partial charge in [0, 0.05) is 40.2 Å². The fraction of sp³-hybridized carbons (Fsp3) is 0.390. The Bertz CT molecular complexity index is 1850. The van der Waals surface area contributed by atoms with Crippen LogP contribution in [0.15, 0.2) is 97.3 Å². The van der Waals surface area contributed by atoms with Crippen LogP contribution in [0.5, 0.6) is 5.88 Å². The number of ether oxygens (including phenoxy) is 5. The van der Waals surface area contributed by atoms with E-state index in [-0.39, 0.29) is 64.4 Å². The third-order valence-corrected chi connectivity index (χ3v) is 9.03. The number of fused-ring (bicyclic) bond motifs is 1. The molecule has 0 amide bonds. The monoisotopic (exact) mass is 877 g/mol. The number of nitrogen functional groups attached to an aromatic ring is 1. The minimum absolute atomic E-state index is 0. The molecule has 0 spiro atoms. The van der Waals surface area contributed by atoms with Crippen LogP contribution in [0.1, 0.15) is 54.9 Å². The molecule has 5 N–H and O–H groups in total. The van der Waals surface area contributed by atoms with E-state index < -0.39 is 0 Å². The van der Waals surface area contributed by atoms with E-state index in [1.54, 1.807) is 56.1 Å². The highest BCUT2D eigenvalue weighted by Gasteiger charge is 2.12. The number of hydrogen-bond donors (Lipinski definition) is 3. The molecule has 3 radical (unpaired) electrons. The summed E-state index contributed by atoms with van der Waals surface area (Å²) in [5.74, 6) is 0.463. The molecule has 0 aliphatic heterocycles. The molecule has 0 bridgehead atoms. The number of nitrogens with zero attached hydrogens (tertiary/aromatic N) is 1. The molecule has 0 unspecified atom stereocenters. The molecular formula is C41H59BClN4O8S3. The van der Waals surface area contributed by atoms with Gasteiger partial charge in [0.15, 0.2) is 23.6 Å². The molecule has 0 fully saturated rings. The fourth-order valence-corrected chi connectivity index (χ4v) is 6.00. The Labute approximate surface area is 365 Å². The summed E-state index contributed by atoms with van der Waals surface area (Å²) in [5.41, 5.74) is 8.13. The molecule has 1 aromatic heterocycles. The lowest BCUT2D eigenvalue weighted by atomic mass is 10.2. The van der Waals surface area contributed by atoms with Gasteiger partial charge in [-0.05, 0) is 89.8 Å². The van der Waals surface area contributed by atoms with Gasteiger partial charge in [-0.25, -0.2) is 10.4 Å². The van der Waals surface area contributed by atoms with Gasteiger partial charge in [-0.2, -0.15) is 0 Å². The van der Waals surface area contributed by atoms with Gasteiger partial charge in [-0.1, -0.05) is 37.8 Å². The highest BCUT2D eigenvalue weighted by atomic mass is 35.5. The molecule has 319 valence electrons. The Hall–Kier alpha value is -4.25. The summed E-state index contributed by atoms with van der Waals surface area (Å²) < 4.78 is 25.1. The first-order valence-corrected chi connectivity index (χ1v) is 21.3. The minimum atomic E-state index is -0.349. The minimum Gasteiger partial charge on any atom is -1.00 e. The van der Waals surface area contributed by atoms with Gasteiger partial charge in [0.2, 0.25) is 0 Å². The van der Waals surface area contributed by atoms with E-state index in [0.717, 1.165) is 31.6 Å². The molecule has 0 atom stereocenters. The molecule has 4 aromatic rings. The Kier molecular flexibility index (Phi) is 34.8. The lowest BCUT2D eigenvalue weighted by molar-refractivity contribution is -0.154. The highest BCUT2D eigenvalue weighted by molar-refractivity contribution is 7.99. The molecule has 0 aliphatic rings. The zero-order chi connectivity index (χ0) is 41.0. The smallest absolute Gasteiger partial charge is 0.344 e. The van der Waals surface area contributed by atoms with Crippen molar-refractivity contribution in [3.63, 3.8) is 0 Å². The van der Waals surface area contributed by atoms with E-state index in [2.05, 4.69) is 14.7 Å². The van der Waals surface area contributed by atoms with Crippen LogP contribution in [0.3, 0.4) is 0 Å². The number of esters is 2. The number of carbonyl (C=O) groups is 2. The fourth-order valence-electron chi connectivity index (χ4n) is 4.36. The molecule has 17 heteroatoms. The van der Waals surface area contributed by atoms with Crippen molar-refractivity contribution in [2.24, 2.45) is 4.99 Å². The lowest BCUT2D eigenvalue weighted by Crippen LogP contribution is -3.00. The number of thioether (sulfide) groups is 3. The SMILES string of the molecule is C.CCOC(=O)CC(=Nc1ccccc1SC)OCC.CCOC(=[NH2+])CC(=O)OCC.CCOc1cc(=O)c2cccc(SC)c2[nH]1.CSc1ccccc1N.[B].[Cl-]. The zero-order valence-electron chi connectivity index (χ0n) is 33.9. The average Bonchev–Trinajstić information content (AvgIpc) is 3.16. The van der Waals surface area contributed by atoms with Gasteiger partial charge in [0.05, 0.1) is 44.2 Å². The second-order valence-corrected chi connectivity index (χ2v) is 13.1. The first kappa shape index (κ1) is 58.1. The van der Waals surface area contributed by atoms with E-state index >= 15 is 0 Å². The van der Waals surface area contributed by atoms with Crippen molar-refractivity contribution in [3.05, 3.63) is 83.0 Å². The second-order valence-electron chi connectivity index (χ2n) is 10.5. The van der Waals surface area contributed by atoms with Gasteiger partial charge in [-0.3, -0.25) is 14.4 Å². The zero-order valence-corrected chi connectivity index (χ0v) is 37.1. The van der Waals surface area contributed by atoms with Crippen LogP contribution in [0, 0.1) is 0 Å². The van der Waals surface area contributed by atoms with Gasteiger partial charge in [-0.15, -0.1) is 35.3 Å². The number of carbonyl (C=O) groups excluding carboxylic acids is 2. The summed E-state index contributed by atoms with van der Waals surface area (Å²) in [7, 11) is 0. The maximum atomic E-state index is 11.8. The number of pyridine rings is 1. The number of halogens is 1. The van der Waals surface area contributed by atoms with Crippen molar-refractivity contribution < 1.29 is 51.1 Å². The van der Waals surface area contributed by atoms with Gasteiger partial charge >= 0.3 is 17.8 Å². The van der Waals surface area contributed by atoms with Crippen molar-refractivity contribution in [1.82, 2.24) is 4.98 Å². The molecule has 58 heavy (non-hydrogen) atoms. The second kappa shape index (κ2) is 34.8. The number of nitrogens with two attached hydrogens (primary N) is 2. The van der Waals surface area contributed by atoms with Crippen LogP contribution in [0.2, 0.25) is 0 Å². The quantitative estimate of drug-likeness (QED) is 0.0406. The number of nitrogens with one attached hydrogen (secondary N) is 1. The molecular weight excluding hydrogens is 819 g/mol. The van der Waals surface area contributed by atoms with E-state index in [1.807, 2.05) is 99.3 Å². The molecule has 0 saturated heterocycles.